The lowest BCUT2D eigenvalue weighted by atomic mass is 9.94. The molecule has 7 heteroatoms. The van der Waals surface area contributed by atoms with Crippen molar-refractivity contribution in [3.63, 3.8) is 0 Å². The topological polar surface area (TPSA) is 71.0 Å². The molecular weight excluding hydrogens is 375 g/mol. The fourth-order valence-corrected chi connectivity index (χ4v) is 2.98. The second-order valence-corrected chi connectivity index (χ2v) is 5.26. The van der Waals surface area contributed by atoms with Crippen LogP contribution in [0.3, 0.4) is 0 Å². The normalized spacial score (nSPS) is 16.4. The lowest BCUT2D eigenvalue weighted by molar-refractivity contribution is 0.104. The summed E-state index contributed by atoms with van der Waals surface area (Å²) >= 11 is 3.20. The molecule has 2 aromatic rings. The summed E-state index contributed by atoms with van der Waals surface area (Å²) in [5, 5.41) is 7.09. The summed E-state index contributed by atoms with van der Waals surface area (Å²) in [5.74, 6) is -0.0131. The maximum absolute atomic E-state index is 12.4. The van der Waals surface area contributed by atoms with Crippen molar-refractivity contribution >= 4 is 46.1 Å². The number of H-pyrrole nitrogens is 1. The van der Waals surface area contributed by atoms with E-state index in [9.17, 15) is 4.79 Å². The van der Waals surface area contributed by atoms with Crippen LogP contribution in [0.1, 0.15) is 15.9 Å². The maximum atomic E-state index is 12.4. The summed E-state index contributed by atoms with van der Waals surface area (Å²) in [5.41, 5.74) is 2.32. The summed E-state index contributed by atoms with van der Waals surface area (Å²) < 4.78 is 4.20. The Morgan fingerprint density at radius 3 is 2.74 bits per heavy atom. The standard InChI is InChI=1S/C12H7IN4OS/c13-16-9-5-10(19-12-14-6-15-17-12)11(18)8-4-2-1-3-7(8)9/h1-6H,(H,14,15,17). The van der Waals surface area contributed by atoms with E-state index in [1.165, 1.54) is 18.1 Å². The predicted molar refractivity (Wildman–Crippen MR) is 81.7 cm³/mol. The average Bonchev–Trinajstić information content (AvgIpc) is 2.95. The van der Waals surface area contributed by atoms with E-state index in [0.29, 0.717) is 15.6 Å². The zero-order valence-electron chi connectivity index (χ0n) is 9.50. The number of nitrogens with one attached hydrogen (secondary N) is 1. The third kappa shape index (κ3) is 2.35. The van der Waals surface area contributed by atoms with Crippen molar-refractivity contribution < 1.29 is 4.79 Å². The quantitative estimate of drug-likeness (QED) is 0.811. The van der Waals surface area contributed by atoms with Gasteiger partial charge in [-0.3, -0.25) is 9.89 Å². The van der Waals surface area contributed by atoms with E-state index in [-0.39, 0.29) is 5.78 Å². The van der Waals surface area contributed by atoms with Crippen LogP contribution < -0.4 is 0 Å². The van der Waals surface area contributed by atoms with E-state index in [1.807, 2.05) is 47.1 Å². The molecule has 0 unspecified atom stereocenters. The first-order valence-electron chi connectivity index (χ1n) is 5.37. The number of hydrogen-bond donors (Lipinski definition) is 1. The number of hydrogen-bond acceptors (Lipinski definition) is 5. The summed E-state index contributed by atoms with van der Waals surface area (Å²) in [6.07, 6.45) is 3.20. The first-order chi connectivity index (χ1) is 9.29. The lowest BCUT2D eigenvalue weighted by Crippen LogP contribution is -2.15. The molecule has 19 heavy (non-hydrogen) atoms. The zero-order chi connectivity index (χ0) is 13.2. The van der Waals surface area contributed by atoms with E-state index < -0.39 is 0 Å². The van der Waals surface area contributed by atoms with Crippen LogP contribution in [0, 0.1) is 0 Å². The van der Waals surface area contributed by atoms with Crippen molar-refractivity contribution in [1.29, 1.82) is 0 Å². The Kier molecular flexibility index (Phi) is 3.47. The second-order valence-electron chi connectivity index (χ2n) is 3.75. The average molecular weight is 382 g/mol. The first-order valence-corrected chi connectivity index (χ1v) is 7.15. The highest BCUT2D eigenvalue weighted by Gasteiger charge is 2.25. The SMILES string of the molecule is O=C1C(Sc2ncn[nH]2)=CC(=NI)c2ccccc21. The van der Waals surface area contributed by atoms with Crippen molar-refractivity contribution in [1.82, 2.24) is 15.2 Å². The molecule has 1 heterocycles. The fraction of sp³-hybridized carbons (Fsp3) is 0. The van der Waals surface area contributed by atoms with Gasteiger partial charge in [0.1, 0.15) is 6.33 Å². The molecule has 1 N–H and O–H groups in total. The van der Waals surface area contributed by atoms with Gasteiger partial charge in [0.05, 0.1) is 33.5 Å². The van der Waals surface area contributed by atoms with Gasteiger partial charge in [-0.1, -0.05) is 24.3 Å². The highest BCUT2D eigenvalue weighted by Crippen LogP contribution is 2.31. The van der Waals surface area contributed by atoms with Gasteiger partial charge in [0, 0.05) is 11.1 Å². The minimum atomic E-state index is -0.0131. The first kappa shape index (κ1) is 12.5. The van der Waals surface area contributed by atoms with Gasteiger partial charge in [-0.05, 0) is 17.8 Å². The van der Waals surface area contributed by atoms with Crippen LogP contribution in [0.4, 0.5) is 0 Å². The molecule has 3 rings (SSSR count). The number of thioether (sulfide) groups is 1. The number of Topliss-reactive ketones (excluding diaryl/α,β-unsaturated/α-hetero) is 1. The Balaban J connectivity index is 2.04. The number of aromatic amines is 1. The van der Waals surface area contributed by atoms with Gasteiger partial charge in [-0.15, -0.1) is 0 Å². The lowest BCUT2D eigenvalue weighted by Gasteiger charge is -2.15. The number of fused-ring (bicyclic) bond motifs is 1. The highest BCUT2D eigenvalue weighted by atomic mass is 127. The monoisotopic (exact) mass is 382 g/mol. The number of allylic oxidation sites excluding steroid dienone is 2. The van der Waals surface area contributed by atoms with Crippen molar-refractivity contribution in [3.05, 3.63) is 52.7 Å². The number of ketones is 1. The van der Waals surface area contributed by atoms with E-state index in [4.69, 9.17) is 0 Å². The molecule has 0 saturated carbocycles. The number of carbonyl (C=O) groups excluding carboxylic acids is 1. The number of nitrogens with zero attached hydrogens (tertiary/aromatic N) is 3. The van der Waals surface area contributed by atoms with Crippen LogP contribution in [0.25, 0.3) is 0 Å². The van der Waals surface area contributed by atoms with Crippen molar-refractivity contribution in [3.8, 4) is 0 Å². The number of benzene rings is 1. The molecule has 0 bridgehead atoms. The molecule has 0 radical (unpaired) electrons. The Bertz CT molecular complexity index is 694. The number of aromatic nitrogens is 3. The molecule has 1 aliphatic rings. The van der Waals surface area contributed by atoms with Gasteiger partial charge in [0.2, 0.25) is 5.78 Å². The van der Waals surface area contributed by atoms with Gasteiger partial charge < -0.3 is 0 Å². The fourth-order valence-electron chi connectivity index (χ4n) is 1.80. The molecule has 1 aromatic carbocycles. The van der Waals surface area contributed by atoms with Crippen LogP contribution in [0.15, 0.2) is 49.9 Å². The molecular formula is C12H7IN4OS. The predicted octanol–water partition coefficient (Wildman–Crippen LogP) is 2.82. The summed E-state index contributed by atoms with van der Waals surface area (Å²) in [6, 6.07) is 7.46. The second kappa shape index (κ2) is 5.25. The smallest absolute Gasteiger partial charge is 0.200 e. The van der Waals surface area contributed by atoms with Crippen LogP contribution in [0.5, 0.6) is 0 Å². The summed E-state index contributed by atoms with van der Waals surface area (Å²) in [4.78, 5) is 17.0. The molecule has 1 aromatic heterocycles. The third-order valence-corrected chi connectivity index (χ3v) is 4.06. The zero-order valence-corrected chi connectivity index (χ0v) is 12.5. The van der Waals surface area contributed by atoms with Gasteiger partial charge in [-0.2, -0.15) is 5.10 Å². The summed E-state index contributed by atoms with van der Waals surface area (Å²) in [7, 11) is 0. The summed E-state index contributed by atoms with van der Waals surface area (Å²) in [6.45, 7) is 0. The van der Waals surface area contributed by atoms with Gasteiger partial charge >= 0.3 is 0 Å². The largest absolute Gasteiger partial charge is 0.288 e. The third-order valence-electron chi connectivity index (χ3n) is 2.63. The molecule has 0 spiro atoms. The van der Waals surface area contributed by atoms with Gasteiger partial charge in [0.15, 0.2) is 5.16 Å². The van der Waals surface area contributed by atoms with Crippen LogP contribution in [-0.2, 0) is 0 Å². The number of rotatable bonds is 2. The van der Waals surface area contributed by atoms with Crippen LogP contribution in [0.2, 0.25) is 0 Å². The highest BCUT2D eigenvalue weighted by molar-refractivity contribution is 14.1. The Hall–Kier alpha value is -1.48. The minimum Gasteiger partial charge on any atom is -0.288 e. The Morgan fingerprint density at radius 1 is 1.26 bits per heavy atom. The van der Waals surface area contributed by atoms with Gasteiger partial charge in [0.25, 0.3) is 0 Å². The van der Waals surface area contributed by atoms with Crippen molar-refractivity contribution in [2.45, 2.75) is 5.16 Å². The molecule has 0 atom stereocenters. The Labute approximate surface area is 127 Å². The van der Waals surface area contributed by atoms with E-state index in [0.717, 1.165) is 11.3 Å². The van der Waals surface area contributed by atoms with Crippen molar-refractivity contribution in [2.75, 3.05) is 0 Å². The molecule has 5 nitrogen and oxygen atoms in total. The van der Waals surface area contributed by atoms with Crippen molar-refractivity contribution in [2.24, 2.45) is 3.21 Å². The number of halogens is 1. The van der Waals surface area contributed by atoms with E-state index >= 15 is 0 Å². The van der Waals surface area contributed by atoms with E-state index in [2.05, 4.69) is 18.4 Å². The van der Waals surface area contributed by atoms with E-state index in [1.54, 1.807) is 6.08 Å². The molecule has 1 aliphatic carbocycles. The Morgan fingerprint density at radius 2 is 2.05 bits per heavy atom. The molecule has 94 valence electrons. The molecule has 0 saturated heterocycles. The molecule has 0 amide bonds. The van der Waals surface area contributed by atoms with Crippen LogP contribution in [-0.4, -0.2) is 26.7 Å². The maximum Gasteiger partial charge on any atom is 0.200 e. The number of carbonyl (C=O) groups is 1. The van der Waals surface area contributed by atoms with Gasteiger partial charge in [-0.25, -0.2) is 8.19 Å². The minimum absolute atomic E-state index is 0.0131. The molecule has 0 fully saturated rings. The molecule has 0 aliphatic heterocycles. The van der Waals surface area contributed by atoms with Crippen LogP contribution >= 0.6 is 34.6 Å².